The maximum absolute atomic E-state index is 3.76. The molecular formula is C16H29NSi. The van der Waals surface area contributed by atoms with Crippen molar-refractivity contribution in [3.63, 3.8) is 0 Å². The second-order valence-electron chi connectivity index (χ2n) is 7.62. The van der Waals surface area contributed by atoms with E-state index in [1.165, 1.54) is 0 Å². The van der Waals surface area contributed by atoms with Crippen molar-refractivity contribution >= 4 is 8.07 Å². The van der Waals surface area contributed by atoms with Crippen molar-refractivity contribution in [3.8, 4) is 11.5 Å². The van der Waals surface area contributed by atoms with Gasteiger partial charge in [0, 0.05) is 18.5 Å². The van der Waals surface area contributed by atoms with Gasteiger partial charge in [-0.25, -0.2) is 0 Å². The molecule has 3 atom stereocenters. The maximum atomic E-state index is 3.76. The summed E-state index contributed by atoms with van der Waals surface area (Å²) in [5.41, 5.74) is 3.75. The zero-order valence-electron chi connectivity index (χ0n) is 13.1. The molecule has 1 N–H and O–H groups in total. The van der Waals surface area contributed by atoms with Crippen LogP contribution in [0, 0.1) is 22.8 Å². The second kappa shape index (κ2) is 5.63. The van der Waals surface area contributed by atoms with E-state index in [1.54, 1.807) is 0 Å². The van der Waals surface area contributed by atoms with Crippen LogP contribution in [0.4, 0.5) is 0 Å². The molecule has 1 aliphatic heterocycles. The molecule has 0 aromatic rings. The third kappa shape index (κ3) is 5.00. The lowest BCUT2D eigenvalue weighted by molar-refractivity contribution is 0.257. The average molecular weight is 264 g/mol. The highest BCUT2D eigenvalue weighted by atomic mass is 28.3. The van der Waals surface area contributed by atoms with E-state index in [4.69, 9.17) is 0 Å². The van der Waals surface area contributed by atoms with Crippen LogP contribution in [0.5, 0.6) is 0 Å². The van der Waals surface area contributed by atoms with E-state index in [-0.39, 0.29) is 5.41 Å². The molecule has 0 unspecified atom stereocenters. The molecule has 1 aliphatic rings. The third-order valence-electron chi connectivity index (χ3n) is 3.35. The Morgan fingerprint density at radius 2 is 1.78 bits per heavy atom. The molecule has 1 nitrogen and oxygen atoms in total. The highest BCUT2D eigenvalue weighted by Crippen LogP contribution is 2.26. The third-order valence-corrected chi connectivity index (χ3v) is 4.28. The molecule has 0 fully saturated rings. The quantitative estimate of drug-likeness (QED) is 0.431. The van der Waals surface area contributed by atoms with E-state index >= 15 is 0 Å². The molecule has 1 heterocycles. The lowest BCUT2D eigenvalue weighted by Gasteiger charge is -2.37. The lowest BCUT2D eigenvalue weighted by Crippen LogP contribution is -2.49. The van der Waals surface area contributed by atoms with Gasteiger partial charge in [0.15, 0.2) is 0 Å². The van der Waals surface area contributed by atoms with Gasteiger partial charge in [-0.1, -0.05) is 59.5 Å². The summed E-state index contributed by atoms with van der Waals surface area (Å²) < 4.78 is 0. The first kappa shape index (κ1) is 15.5. The smallest absolute Gasteiger partial charge is 0.129 e. The summed E-state index contributed by atoms with van der Waals surface area (Å²) in [7, 11) is -1.22. The van der Waals surface area contributed by atoms with Crippen molar-refractivity contribution in [2.75, 3.05) is 0 Å². The van der Waals surface area contributed by atoms with Gasteiger partial charge in [0.2, 0.25) is 0 Å². The second-order valence-corrected chi connectivity index (χ2v) is 12.4. The summed E-state index contributed by atoms with van der Waals surface area (Å²) in [5, 5.41) is 3.76. The van der Waals surface area contributed by atoms with Gasteiger partial charge >= 0.3 is 0 Å². The minimum absolute atomic E-state index is 0.279. The summed E-state index contributed by atoms with van der Waals surface area (Å²) in [5.74, 6) is 4.00. The monoisotopic (exact) mass is 263 g/mol. The zero-order valence-corrected chi connectivity index (χ0v) is 14.1. The molecule has 0 spiro atoms. The first-order valence-corrected chi connectivity index (χ1v) is 10.5. The average Bonchev–Trinajstić information content (AvgIpc) is 2.17. The van der Waals surface area contributed by atoms with Gasteiger partial charge < -0.3 is 5.32 Å². The van der Waals surface area contributed by atoms with Crippen molar-refractivity contribution in [2.45, 2.75) is 65.8 Å². The standard InChI is InChI=1S/C16H29NSi/c1-13-10-11-15(16(2,3)4)17-14(13)9-8-12-18(5,6)7/h10-11,13-15,17H,9H2,1-7H3/t13-,14+,15-/m0/s1. The summed E-state index contributed by atoms with van der Waals surface area (Å²) in [6.45, 7) is 16.0. The fraction of sp³-hybridized carbons (Fsp3) is 0.750. The summed E-state index contributed by atoms with van der Waals surface area (Å²) >= 11 is 0. The van der Waals surface area contributed by atoms with Crippen molar-refractivity contribution in [2.24, 2.45) is 11.3 Å². The molecule has 0 saturated heterocycles. The molecule has 0 amide bonds. The zero-order chi connectivity index (χ0) is 14.0. The summed E-state index contributed by atoms with van der Waals surface area (Å²) in [4.78, 5) is 0. The van der Waals surface area contributed by atoms with E-state index in [1.807, 2.05) is 0 Å². The normalized spacial score (nSPS) is 28.7. The molecule has 1 rings (SSSR count). The number of hydrogen-bond acceptors (Lipinski definition) is 1. The van der Waals surface area contributed by atoms with Crippen LogP contribution in [0.15, 0.2) is 12.2 Å². The van der Waals surface area contributed by atoms with Crippen LogP contribution < -0.4 is 5.32 Å². The summed E-state index contributed by atoms with van der Waals surface area (Å²) in [6.07, 6.45) is 5.66. The molecule has 0 radical (unpaired) electrons. The predicted molar refractivity (Wildman–Crippen MR) is 84.2 cm³/mol. The van der Waals surface area contributed by atoms with E-state index in [2.05, 4.69) is 76.3 Å². The molecule has 18 heavy (non-hydrogen) atoms. The molecule has 0 bridgehead atoms. The van der Waals surface area contributed by atoms with Crippen LogP contribution in [-0.2, 0) is 0 Å². The maximum Gasteiger partial charge on any atom is 0.129 e. The predicted octanol–water partition coefficient (Wildman–Crippen LogP) is 3.84. The first-order chi connectivity index (χ1) is 8.09. The van der Waals surface area contributed by atoms with E-state index < -0.39 is 8.07 Å². The Balaban J connectivity index is 2.67. The van der Waals surface area contributed by atoms with Gasteiger partial charge in [0.25, 0.3) is 0 Å². The highest BCUT2D eigenvalue weighted by molar-refractivity contribution is 6.83. The van der Waals surface area contributed by atoms with Gasteiger partial charge in [-0.3, -0.25) is 0 Å². The minimum atomic E-state index is -1.22. The Hall–Kier alpha value is -0.523. The molecule has 0 aromatic carbocycles. The topological polar surface area (TPSA) is 12.0 Å². The Labute approximate surface area is 114 Å². The van der Waals surface area contributed by atoms with Crippen LogP contribution in [0.25, 0.3) is 0 Å². The van der Waals surface area contributed by atoms with Crippen LogP contribution in [0.2, 0.25) is 19.6 Å². The molecule has 102 valence electrons. The van der Waals surface area contributed by atoms with Crippen LogP contribution in [0.1, 0.15) is 34.1 Å². The first-order valence-electron chi connectivity index (χ1n) is 7.04. The Bertz CT molecular complexity index is 359. The number of hydrogen-bond donors (Lipinski definition) is 1. The van der Waals surface area contributed by atoms with Crippen LogP contribution >= 0.6 is 0 Å². The fourth-order valence-electron chi connectivity index (χ4n) is 2.07. The van der Waals surface area contributed by atoms with E-state index in [0.717, 1.165) is 6.42 Å². The molecular weight excluding hydrogens is 234 g/mol. The van der Waals surface area contributed by atoms with E-state index in [0.29, 0.717) is 18.0 Å². The SMILES string of the molecule is C[C@H]1C=C[C@@H](C(C)(C)C)N[C@@H]1CC#C[Si](C)(C)C. The van der Waals surface area contributed by atoms with Crippen molar-refractivity contribution in [3.05, 3.63) is 12.2 Å². The fourth-order valence-corrected chi connectivity index (χ4v) is 2.70. The highest BCUT2D eigenvalue weighted by Gasteiger charge is 2.29. The van der Waals surface area contributed by atoms with Gasteiger partial charge in [-0.15, -0.1) is 11.5 Å². The molecule has 0 aliphatic carbocycles. The van der Waals surface area contributed by atoms with Crippen LogP contribution in [-0.4, -0.2) is 20.2 Å². The van der Waals surface area contributed by atoms with Crippen molar-refractivity contribution < 1.29 is 0 Å². The molecule has 2 heteroatoms. The number of nitrogens with one attached hydrogen (secondary N) is 1. The largest absolute Gasteiger partial charge is 0.306 e. The Kier molecular flexibility index (Phi) is 4.86. The lowest BCUT2D eigenvalue weighted by atomic mass is 9.81. The van der Waals surface area contributed by atoms with Gasteiger partial charge in [-0.2, -0.15) is 0 Å². The van der Waals surface area contributed by atoms with Crippen molar-refractivity contribution in [1.82, 2.24) is 5.32 Å². The van der Waals surface area contributed by atoms with Crippen molar-refractivity contribution in [1.29, 1.82) is 0 Å². The molecule has 0 aromatic heterocycles. The van der Waals surface area contributed by atoms with Gasteiger partial charge in [0.1, 0.15) is 8.07 Å². The minimum Gasteiger partial charge on any atom is -0.306 e. The summed E-state index contributed by atoms with van der Waals surface area (Å²) in [6, 6.07) is 0.968. The number of rotatable bonds is 1. The Morgan fingerprint density at radius 3 is 2.28 bits per heavy atom. The van der Waals surface area contributed by atoms with E-state index in [9.17, 15) is 0 Å². The van der Waals surface area contributed by atoms with Gasteiger partial charge in [0.05, 0.1) is 0 Å². The molecule has 0 saturated carbocycles. The Morgan fingerprint density at radius 1 is 1.17 bits per heavy atom. The van der Waals surface area contributed by atoms with Crippen LogP contribution in [0.3, 0.4) is 0 Å². The van der Waals surface area contributed by atoms with Gasteiger partial charge in [-0.05, 0) is 11.3 Å².